The molecule has 18 heavy (non-hydrogen) atoms. The Morgan fingerprint density at radius 2 is 2.06 bits per heavy atom. The van der Waals surface area contributed by atoms with Gasteiger partial charge >= 0.3 is 0 Å². The van der Waals surface area contributed by atoms with E-state index in [0.29, 0.717) is 31.3 Å². The molecule has 0 radical (unpaired) electrons. The summed E-state index contributed by atoms with van der Waals surface area (Å²) in [7, 11) is 0. The van der Waals surface area contributed by atoms with Crippen molar-refractivity contribution in [3.63, 3.8) is 0 Å². The molecule has 6 heteroatoms. The highest BCUT2D eigenvalue weighted by atomic mass is 16.6. The van der Waals surface area contributed by atoms with E-state index in [4.69, 9.17) is 15.2 Å². The summed E-state index contributed by atoms with van der Waals surface area (Å²) in [5.74, 6) is 0.390. The molecule has 0 spiro atoms. The molecule has 0 saturated carbocycles. The van der Waals surface area contributed by atoms with Crippen molar-refractivity contribution >= 4 is 11.4 Å². The molecule has 100 valence electrons. The van der Waals surface area contributed by atoms with Gasteiger partial charge in [0.25, 0.3) is 5.69 Å². The van der Waals surface area contributed by atoms with Crippen molar-refractivity contribution < 1.29 is 14.4 Å². The number of nitrogen functional groups attached to an aromatic ring is 1. The van der Waals surface area contributed by atoms with E-state index in [1.54, 1.807) is 6.07 Å². The molecule has 0 heterocycles. The fourth-order valence-corrected chi connectivity index (χ4v) is 1.36. The van der Waals surface area contributed by atoms with Crippen LogP contribution in [0.4, 0.5) is 11.4 Å². The summed E-state index contributed by atoms with van der Waals surface area (Å²) in [4.78, 5) is 10.1. The number of hydrogen-bond acceptors (Lipinski definition) is 5. The molecule has 0 aliphatic carbocycles. The number of nitrogens with two attached hydrogens (primary N) is 1. The lowest BCUT2D eigenvalue weighted by Gasteiger charge is -2.07. The fraction of sp³-hybridized carbons (Fsp3) is 0.500. The first-order valence-electron chi connectivity index (χ1n) is 5.89. The summed E-state index contributed by atoms with van der Waals surface area (Å²) in [6.07, 6.45) is 2.10. The van der Waals surface area contributed by atoms with Crippen LogP contribution in [0.2, 0.25) is 0 Å². The maximum absolute atomic E-state index is 10.6. The van der Waals surface area contributed by atoms with E-state index >= 15 is 0 Å². The van der Waals surface area contributed by atoms with Gasteiger partial charge in [0.05, 0.1) is 17.6 Å². The predicted octanol–water partition coefficient (Wildman–Crippen LogP) is 2.37. The summed E-state index contributed by atoms with van der Waals surface area (Å²) >= 11 is 0. The molecule has 0 amide bonds. The van der Waals surface area contributed by atoms with Crippen molar-refractivity contribution in [3.8, 4) is 5.75 Å². The van der Waals surface area contributed by atoms with Crippen molar-refractivity contribution in [2.75, 3.05) is 25.6 Å². The normalized spacial score (nSPS) is 10.3. The largest absolute Gasteiger partial charge is 0.491 e. The Labute approximate surface area is 106 Å². The van der Waals surface area contributed by atoms with Crippen LogP contribution < -0.4 is 10.5 Å². The Kier molecular flexibility index (Phi) is 5.93. The van der Waals surface area contributed by atoms with Gasteiger partial charge in [0.2, 0.25) is 0 Å². The number of non-ortho nitro benzene ring substituents is 1. The number of rotatable bonds is 8. The Morgan fingerprint density at radius 3 is 2.72 bits per heavy atom. The van der Waals surface area contributed by atoms with Crippen LogP contribution in [0.15, 0.2) is 18.2 Å². The van der Waals surface area contributed by atoms with Gasteiger partial charge in [-0.2, -0.15) is 0 Å². The van der Waals surface area contributed by atoms with E-state index in [-0.39, 0.29) is 5.69 Å². The first kappa shape index (κ1) is 14.2. The lowest BCUT2D eigenvalue weighted by Crippen LogP contribution is -2.07. The SMILES string of the molecule is CCCCOCCOc1cc(N)cc([N+](=O)[O-])c1. The molecule has 0 aromatic heterocycles. The number of nitro groups is 1. The number of unbranched alkanes of at least 4 members (excludes halogenated alkanes) is 1. The first-order valence-corrected chi connectivity index (χ1v) is 5.89. The third-order valence-corrected chi connectivity index (χ3v) is 2.26. The van der Waals surface area contributed by atoms with Crippen LogP contribution in [0.3, 0.4) is 0 Å². The number of ether oxygens (including phenoxy) is 2. The van der Waals surface area contributed by atoms with Gasteiger partial charge < -0.3 is 15.2 Å². The molecule has 1 aromatic carbocycles. The summed E-state index contributed by atoms with van der Waals surface area (Å²) in [6, 6.07) is 4.20. The van der Waals surface area contributed by atoms with E-state index in [2.05, 4.69) is 6.92 Å². The number of benzene rings is 1. The molecule has 0 fully saturated rings. The second kappa shape index (κ2) is 7.50. The van der Waals surface area contributed by atoms with Crippen LogP contribution in [-0.4, -0.2) is 24.7 Å². The third kappa shape index (κ3) is 5.01. The van der Waals surface area contributed by atoms with Crippen LogP contribution in [0.1, 0.15) is 19.8 Å². The molecule has 6 nitrogen and oxygen atoms in total. The molecule has 1 rings (SSSR count). The van der Waals surface area contributed by atoms with Gasteiger partial charge in [0.1, 0.15) is 12.4 Å². The highest BCUT2D eigenvalue weighted by Gasteiger charge is 2.08. The minimum atomic E-state index is -0.499. The van der Waals surface area contributed by atoms with Crippen molar-refractivity contribution in [2.45, 2.75) is 19.8 Å². The van der Waals surface area contributed by atoms with Gasteiger partial charge in [-0.1, -0.05) is 13.3 Å². The van der Waals surface area contributed by atoms with Crippen molar-refractivity contribution in [1.82, 2.24) is 0 Å². The topological polar surface area (TPSA) is 87.6 Å². The van der Waals surface area contributed by atoms with Gasteiger partial charge in [-0.25, -0.2) is 0 Å². The fourth-order valence-electron chi connectivity index (χ4n) is 1.36. The molecule has 0 atom stereocenters. The maximum Gasteiger partial charge on any atom is 0.275 e. The van der Waals surface area contributed by atoms with E-state index in [9.17, 15) is 10.1 Å². The summed E-state index contributed by atoms with van der Waals surface area (Å²) in [5.41, 5.74) is 5.79. The molecule has 0 aliphatic rings. The van der Waals surface area contributed by atoms with Gasteiger partial charge in [-0.15, -0.1) is 0 Å². The van der Waals surface area contributed by atoms with Crippen molar-refractivity contribution in [2.24, 2.45) is 0 Å². The molecule has 0 bridgehead atoms. The molecule has 2 N–H and O–H groups in total. The summed E-state index contributed by atoms with van der Waals surface area (Å²) < 4.78 is 10.7. The minimum absolute atomic E-state index is 0.0723. The van der Waals surface area contributed by atoms with E-state index in [1.165, 1.54) is 12.1 Å². The molecular weight excluding hydrogens is 236 g/mol. The first-order chi connectivity index (χ1) is 8.63. The minimum Gasteiger partial charge on any atom is -0.491 e. The predicted molar refractivity (Wildman–Crippen MR) is 68.7 cm³/mol. The van der Waals surface area contributed by atoms with Gasteiger partial charge in [0.15, 0.2) is 0 Å². The number of nitro benzene ring substituents is 1. The standard InChI is InChI=1S/C12H18N2O4/c1-2-3-4-17-5-6-18-12-8-10(13)7-11(9-12)14(15)16/h7-9H,2-6,13H2,1H3. The van der Waals surface area contributed by atoms with Crippen molar-refractivity contribution in [3.05, 3.63) is 28.3 Å². The smallest absolute Gasteiger partial charge is 0.275 e. The number of nitrogens with zero attached hydrogens (tertiary/aromatic N) is 1. The maximum atomic E-state index is 10.6. The van der Waals surface area contributed by atoms with Gasteiger partial charge in [-0.05, 0) is 6.42 Å². The molecular formula is C12H18N2O4. The lowest BCUT2D eigenvalue weighted by molar-refractivity contribution is -0.384. The van der Waals surface area contributed by atoms with Crippen LogP contribution in [0.25, 0.3) is 0 Å². The molecule has 0 unspecified atom stereocenters. The Morgan fingerprint density at radius 1 is 1.28 bits per heavy atom. The van der Waals surface area contributed by atoms with Crippen LogP contribution in [-0.2, 0) is 4.74 Å². The zero-order chi connectivity index (χ0) is 13.4. The van der Waals surface area contributed by atoms with Crippen LogP contribution >= 0.6 is 0 Å². The average Bonchev–Trinajstić information content (AvgIpc) is 2.33. The summed E-state index contributed by atoms with van der Waals surface area (Å²) in [6.45, 7) is 3.61. The Bertz CT molecular complexity index is 396. The van der Waals surface area contributed by atoms with E-state index < -0.39 is 4.92 Å². The van der Waals surface area contributed by atoms with Crippen LogP contribution in [0, 0.1) is 10.1 Å². The third-order valence-electron chi connectivity index (χ3n) is 2.26. The zero-order valence-electron chi connectivity index (χ0n) is 10.4. The highest BCUT2D eigenvalue weighted by Crippen LogP contribution is 2.23. The molecule has 0 saturated heterocycles. The Hall–Kier alpha value is -1.82. The molecule has 0 aliphatic heterocycles. The second-order valence-electron chi connectivity index (χ2n) is 3.83. The van der Waals surface area contributed by atoms with E-state index in [1.807, 2.05) is 0 Å². The second-order valence-corrected chi connectivity index (χ2v) is 3.83. The zero-order valence-corrected chi connectivity index (χ0v) is 10.4. The Balaban J connectivity index is 2.40. The quantitative estimate of drug-likeness (QED) is 0.333. The van der Waals surface area contributed by atoms with Gasteiger partial charge in [0, 0.05) is 24.4 Å². The van der Waals surface area contributed by atoms with Crippen LogP contribution in [0.5, 0.6) is 5.75 Å². The summed E-state index contributed by atoms with van der Waals surface area (Å²) in [5, 5.41) is 10.6. The monoisotopic (exact) mass is 254 g/mol. The van der Waals surface area contributed by atoms with Crippen molar-refractivity contribution in [1.29, 1.82) is 0 Å². The number of hydrogen-bond donors (Lipinski definition) is 1. The highest BCUT2D eigenvalue weighted by molar-refractivity contribution is 5.53. The van der Waals surface area contributed by atoms with Gasteiger partial charge in [-0.3, -0.25) is 10.1 Å². The van der Waals surface area contributed by atoms with E-state index in [0.717, 1.165) is 12.8 Å². The lowest BCUT2D eigenvalue weighted by atomic mass is 10.2. The number of anilines is 1. The average molecular weight is 254 g/mol. The molecule has 1 aromatic rings.